The van der Waals surface area contributed by atoms with Crippen LogP contribution in [0.5, 0.6) is 11.5 Å². The van der Waals surface area contributed by atoms with Crippen LogP contribution >= 0.6 is 0 Å². The van der Waals surface area contributed by atoms with Gasteiger partial charge in [0.2, 0.25) is 5.91 Å². The van der Waals surface area contributed by atoms with Crippen LogP contribution < -0.4 is 14.8 Å². The molecule has 1 aliphatic carbocycles. The Bertz CT molecular complexity index is 764. The number of anilines is 1. The van der Waals surface area contributed by atoms with Gasteiger partial charge in [0.05, 0.1) is 19.3 Å². The van der Waals surface area contributed by atoms with E-state index in [9.17, 15) is 13.6 Å². The van der Waals surface area contributed by atoms with Crippen molar-refractivity contribution in [2.45, 2.75) is 32.0 Å². The molecule has 144 valence electrons. The first kappa shape index (κ1) is 19.1. The summed E-state index contributed by atoms with van der Waals surface area (Å²) in [6.07, 6.45) is 2.10. The van der Waals surface area contributed by atoms with Crippen molar-refractivity contribution in [2.75, 3.05) is 19.0 Å². The van der Waals surface area contributed by atoms with Crippen molar-refractivity contribution < 1.29 is 23.0 Å². The van der Waals surface area contributed by atoms with Crippen molar-refractivity contribution in [2.24, 2.45) is 0 Å². The molecule has 0 aromatic heterocycles. The van der Waals surface area contributed by atoms with E-state index in [1.54, 1.807) is 25.3 Å². The zero-order valence-corrected chi connectivity index (χ0v) is 15.0. The number of halogens is 2. The molecule has 0 aliphatic heterocycles. The molecule has 0 unspecified atom stereocenters. The number of carbonyl (C=O) groups is 1. The number of alkyl halides is 2. The van der Waals surface area contributed by atoms with Crippen molar-refractivity contribution in [1.29, 1.82) is 0 Å². The summed E-state index contributed by atoms with van der Waals surface area (Å²) in [5, 5.41) is 2.67. The van der Waals surface area contributed by atoms with Crippen LogP contribution in [0.25, 0.3) is 0 Å². The van der Waals surface area contributed by atoms with Crippen LogP contribution in [-0.4, -0.2) is 37.1 Å². The lowest BCUT2D eigenvalue weighted by Gasteiger charge is -2.22. The van der Waals surface area contributed by atoms with Gasteiger partial charge in [-0.2, -0.15) is 8.78 Å². The molecule has 2 aromatic rings. The molecule has 0 heterocycles. The first-order chi connectivity index (χ1) is 13.0. The Kier molecular flexibility index (Phi) is 6.24. The Hall–Kier alpha value is -2.67. The number of hydrogen-bond acceptors (Lipinski definition) is 4. The highest BCUT2D eigenvalue weighted by Gasteiger charge is 2.30. The molecule has 5 nitrogen and oxygen atoms in total. The summed E-state index contributed by atoms with van der Waals surface area (Å²) in [4.78, 5) is 14.6. The van der Waals surface area contributed by atoms with E-state index in [2.05, 4.69) is 15.0 Å². The number of nitrogens with zero attached hydrogens (tertiary/aromatic N) is 1. The second kappa shape index (κ2) is 8.81. The minimum absolute atomic E-state index is 0.0472. The zero-order valence-electron chi connectivity index (χ0n) is 15.0. The summed E-state index contributed by atoms with van der Waals surface area (Å²) in [7, 11) is 1.62. The summed E-state index contributed by atoms with van der Waals surface area (Å²) in [5.74, 6) is 0.472. The Labute approximate surface area is 156 Å². The Morgan fingerprint density at radius 3 is 2.52 bits per heavy atom. The molecule has 0 spiro atoms. The van der Waals surface area contributed by atoms with Crippen molar-refractivity contribution in [3.63, 3.8) is 0 Å². The fourth-order valence-corrected chi connectivity index (χ4v) is 2.86. The van der Waals surface area contributed by atoms with Crippen molar-refractivity contribution >= 4 is 11.6 Å². The lowest BCUT2D eigenvalue weighted by Crippen LogP contribution is -2.34. The van der Waals surface area contributed by atoms with Gasteiger partial charge in [0, 0.05) is 12.6 Å². The van der Waals surface area contributed by atoms with E-state index in [4.69, 9.17) is 4.74 Å². The molecular weight excluding hydrogens is 354 g/mol. The number of amides is 1. The molecule has 27 heavy (non-hydrogen) atoms. The Morgan fingerprint density at radius 2 is 1.89 bits per heavy atom. The van der Waals surface area contributed by atoms with E-state index in [0.717, 1.165) is 24.2 Å². The average Bonchev–Trinajstić information content (AvgIpc) is 3.48. The van der Waals surface area contributed by atoms with Crippen LogP contribution in [0.4, 0.5) is 14.5 Å². The van der Waals surface area contributed by atoms with Gasteiger partial charge in [-0.3, -0.25) is 9.69 Å². The SMILES string of the molecule is COc1ccc(CN(CC(=O)Nc2ccccc2OC(F)F)C2CC2)cc1. The molecule has 1 fully saturated rings. The van der Waals surface area contributed by atoms with Gasteiger partial charge in [-0.25, -0.2) is 0 Å². The van der Waals surface area contributed by atoms with E-state index in [1.165, 1.54) is 6.07 Å². The minimum Gasteiger partial charge on any atom is -0.497 e. The predicted molar refractivity (Wildman–Crippen MR) is 98.1 cm³/mol. The molecular formula is C20H22F2N2O3. The fraction of sp³-hybridized carbons (Fsp3) is 0.350. The van der Waals surface area contributed by atoms with E-state index < -0.39 is 6.61 Å². The zero-order chi connectivity index (χ0) is 19.2. The molecule has 1 N–H and O–H groups in total. The molecule has 1 aliphatic rings. The summed E-state index contributed by atoms with van der Waals surface area (Å²) >= 11 is 0. The lowest BCUT2D eigenvalue weighted by molar-refractivity contribution is -0.117. The van der Waals surface area contributed by atoms with E-state index in [1.807, 2.05) is 24.3 Å². The maximum Gasteiger partial charge on any atom is 0.387 e. The monoisotopic (exact) mass is 376 g/mol. The van der Waals surface area contributed by atoms with Crippen LogP contribution in [0.3, 0.4) is 0 Å². The largest absolute Gasteiger partial charge is 0.497 e. The number of methoxy groups -OCH3 is 1. The van der Waals surface area contributed by atoms with E-state index in [0.29, 0.717) is 12.6 Å². The lowest BCUT2D eigenvalue weighted by atomic mass is 10.2. The second-order valence-corrected chi connectivity index (χ2v) is 6.41. The van der Waals surface area contributed by atoms with E-state index in [-0.39, 0.29) is 23.9 Å². The highest BCUT2D eigenvalue weighted by Crippen LogP contribution is 2.29. The Morgan fingerprint density at radius 1 is 1.19 bits per heavy atom. The number of para-hydroxylation sites is 2. The number of ether oxygens (including phenoxy) is 2. The number of nitrogens with one attached hydrogen (secondary N) is 1. The molecule has 2 aromatic carbocycles. The first-order valence-corrected chi connectivity index (χ1v) is 8.76. The van der Waals surface area contributed by atoms with Gasteiger partial charge >= 0.3 is 6.61 Å². The Balaban J connectivity index is 1.62. The summed E-state index contributed by atoms with van der Waals surface area (Å²) in [5.41, 5.74) is 1.32. The molecule has 1 saturated carbocycles. The van der Waals surface area contributed by atoms with Gasteiger partial charge in [0.25, 0.3) is 0 Å². The van der Waals surface area contributed by atoms with Crippen LogP contribution in [0.2, 0.25) is 0 Å². The van der Waals surface area contributed by atoms with Crippen LogP contribution in [0.15, 0.2) is 48.5 Å². The van der Waals surface area contributed by atoms with Gasteiger partial charge in [-0.1, -0.05) is 24.3 Å². The molecule has 0 radical (unpaired) electrons. The summed E-state index contributed by atoms with van der Waals surface area (Å²) in [6, 6.07) is 14.3. The second-order valence-electron chi connectivity index (χ2n) is 6.41. The number of carbonyl (C=O) groups excluding carboxylic acids is 1. The summed E-state index contributed by atoms with van der Waals surface area (Å²) in [6.45, 7) is -2.13. The van der Waals surface area contributed by atoms with Gasteiger partial charge in [-0.15, -0.1) is 0 Å². The third-order valence-electron chi connectivity index (χ3n) is 4.33. The molecule has 3 rings (SSSR count). The van der Waals surface area contributed by atoms with Crippen molar-refractivity contribution in [1.82, 2.24) is 4.90 Å². The standard InChI is InChI=1S/C20H22F2N2O3/c1-26-16-10-6-14(7-11-16)12-24(15-8-9-15)13-19(25)23-17-4-2-3-5-18(17)27-20(21)22/h2-7,10-11,15,20H,8-9,12-13H2,1H3,(H,23,25). The molecule has 7 heteroatoms. The van der Waals surface area contributed by atoms with Crippen molar-refractivity contribution in [3.8, 4) is 11.5 Å². The minimum atomic E-state index is -2.94. The van der Waals surface area contributed by atoms with Crippen LogP contribution in [0, 0.1) is 0 Å². The topological polar surface area (TPSA) is 50.8 Å². The molecule has 1 amide bonds. The molecule has 0 atom stereocenters. The highest BCUT2D eigenvalue weighted by atomic mass is 19.3. The van der Waals surface area contributed by atoms with Gasteiger partial charge in [-0.05, 0) is 42.7 Å². The maximum absolute atomic E-state index is 12.5. The van der Waals surface area contributed by atoms with Gasteiger partial charge < -0.3 is 14.8 Å². The molecule has 0 bridgehead atoms. The number of hydrogen-bond donors (Lipinski definition) is 1. The predicted octanol–water partition coefficient (Wildman–Crippen LogP) is 3.90. The summed E-state index contributed by atoms with van der Waals surface area (Å²) < 4.78 is 34.6. The molecule has 0 saturated heterocycles. The number of benzene rings is 2. The van der Waals surface area contributed by atoms with Gasteiger partial charge in [0.15, 0.2) is 0 Å². The number of rotatable bonds is 9. The smallest absolute Gasteiger partial charge is 0.387 e. The van der Waals surface area contributed by atoms with E-state index >= 15 is 0 Å². The third-order valence-corrected chi connectivity index (χ3v) is 4.33. The fourth-order valence-electron chi connectivity index (χ4n) is 2.86. The quantitative estimate of drug-likeness (QED) is 0.721. The highest BCUT2D eigenvalue weighted by molar-refractivity contribution is 5.93. The normalized spacial score (nSPS) is 13.7. The van der Waals surface area contributed by atoms with Crippen molar-refractivity contribution in [3.05, 3.63) is 54.1 Å². The maximum atomic E-state index is 12.5. The van der Waals surface area contributed by atoms with Gasteiger partial charge in [0.1, 0.15) is 11.5 Å². The third kappa shape index (κ3) is 5.65. The first-order valence-electron chi connectivity index (χ1n) is 8.76. The van der Waals surface area contributed by atoms with Crippen LogP contribution in [-0.2, 0) is 11.3 Å². The average molecular weight is 376 g/mol. The van der Waals surface area contributed by atoms with Crippen LogP contribution in [0.1, 0.15) is 18.4 Å².